The van der Waals surface area contributed by atoms with Gasteiger partial charge >= 0.3 is 6.18 Å². The van der Waals surface area contributed by atoms with Crippen LogP contribution in [0.3, 0.4) is 0 Å². The maximum absolute atomic E-state index is 12.8. The summed E-state index contributed by atoms with van der Waals surface area (Å²) in [5, 5.41) is 9.44. The monoisotopic (exact) mass is 335 g/mol. The number of halogens is 3. The Morgan fingerprint density at radius 2 is 1.75 bits per heavy atom. The molecule has 0 heterocycles. The van der Waals surface area contributed by atoms with Gasteiger partial charge in [0.2, 0.25) is 0 Å². The predicted molar refractivity (Wildman–Crippen MR) is 87.1 cm³/mol. The number of rotatable bonds is 4. The summed E-state index contributed by atoms with van der Waals surface area (Å²) in [6.45, 7) is -0.442. The molecule has 0 amide bonds. The lowest BCUT2D eigenvalue weighted by molar-refractivity contribution is -0.137. The molecule has 1 saturated carbocycles. The molecule has 0 aromatic heterocycles. The molecular formula is C19H20F3NO. The fourth-order valence-corrected chi connectivity index (χ4v) is 3.14. The summed E-state index contributed by atoms with van der Waals surface area (Å²) in [5.41, 5.74) is 8.19. The lowest BCUT2D eigenvalue weighted by atomic mass is 9.77. The number of nitrogens with two attached hydrogens (primary N) is 1. The van der Waals surface area contributed by atoms with E-state index in [9.17, 15) is 18.3 Å². The second-order valence-corrected chi connectivity index (χ2v) is 6.37. The molecule has 24 heavy (non-hydrogen) atoms. The van der Waals surface area contributed by atoms with Gasteiger partial charge in [-0.15, -0.1) is 0 Å². The van der Waals surface area contributed by atoms with Crippen LogP contribution in [0.25, 0.3) is 11.1 Å². The van der Waals surface area contributed by atoms with Crippen LogP contribution in [0.5, 0.6) is 0 Å². The van der Waals surface area contributed by atoms with Crippen molar-refractivity contribution >= 4 is 0 Å². The van der Waals surface area contributed by atoms with Crippen LogP contribution in [0.15, 0.2) is 42.5 Å². The third kappa shape index (κ3) is 3.32. The molecule has 5 heteroatoms. The lowest BCUT2D eigenvalue weighted by Crippen LogP contribution is -2.26. The Kier molecular flexibility index (Phi) is 4.65. The standard InChI is InChI=1S/C19H20F3NO/c20-19(21,22)16-8-9-17(15(10-16)11-24)12-4-6-14(7-5-12)18(23)13-2-1-3-13/h4-10,13,18,24H,1-3,11,23H2. The summed E-state index contributed by atoms with van der Waals surface area (Å²) in [7, 11) is 0. The SMILES string of the molecule is NC(c1ccc(-c2ccc(C(F)(F)F)cc2CO)cc1)C1CCC1. The molecular weight excluding hydrogens is 315 g/mol. The van der Waals surface area contributed by atoms with Gasteiger partial charge in [0.25, 0.3) is 0 Å². The molecule has 2 aromatic carbocycles. The van der Waals surface area contributed by atoms with Crippen molar-refractivity contribution in [3.05, 3.63) is 59.2 Å². The molecule has 0 aliphatic heterocycles. The van der Waals surface area contributed by atoms with Crippen molar-refractivity contribution in [2.75, 3.05) is 0 Å². The summed E-state index contributed by atoms with van der Waals surface area (Å²) in [6, 6.07) is 11.0. The summed E-state index contributed by atoms with van der Waals surface area (Å²) in [5.74, 6) is 0.523. The number of hydrogen-bond acceptors (Lipinski definition) is 2. The van der Waals surface area contributed by atoms with Gasteiger partial charge in [-0.1, -0.05) is 36.8 Å². The Bertz CT molecular complexity index is 706. The first-order chi connectivity index (χ1) is 11.4. The molecule has 1 fully saturated rings. The largest absolute Gasteiger partial charge is 0.416 e. The molecule has 2 aromatic rings. The van der Waals surface area contributed by atoms with Crippen LogP contribution in [0.1, 0.15) is 42.0 Å². The minimum atomic E-state index is -4.41. The van der Waals surface area contributed by atoms with Gasteiger partial charge in [-0.3, -0.25) is 0 Å². The van der Waals surface area contributed by atoms with Crippen molar-refractivity contribution < 1.29 is 18.3 Å². The van der Waals surface area contributed by atoms with Crippen LogP contribution in [-0.2, 0) is 12.8 Å². The third-order valence-corrected chi connectivity index (χ3v) is 4.87. The van der Waals surface area contributed by atoms with Crippen LogP contribution in [-0.4, -0.2) is 5.11 Å². The minimum absolute atomic E-state index is 0.0118. The van der Waals surface area contributed by atoms with E-state index in [1.54, 1.807) is 0 Å². The fourth-order valence-electron chi connectivity index (χ4n) is 3.14. The van der Waals surface area contributed by atoms with Gasteiger partial charge in [-0.05, 0) is 53.1 Å². The van der Waals surface area contributed by atoms with Crippen molar-refractivity contribution in [2.24, 2.45) is 11.7 Å². The van der Waals surface area contributed by atoms with Gasteiger partial charge in [-0.2, -0.15) is 13.2 Å². The second kappa shape index (κ2) is 6.57. The zero-order valence-electron chi connectivity index (χ0n) is 13.2. The number of benzene rings is 2. The van der Waals surface area contributed by atoms with Gasteiger partial charge in [0, 0.05) is 6.04 Å². The Labute approximate surface area is 139 Å². The van der Waals surface area contributed by atoms with Crippen LogP contribution in [0.2, 0.25) is 0 Å². The first kappa shape index (κ1) is 17.0. The van der Waals surface area contributed by atoms with E-state index in [0.29, 0.717) is 11.5 Å². The van der Waals surface area contributed by atoms with Crippen molar-refractivity contribution in [1.29, 1.82) is 0 Å². The van der Waals surface area contributed by atoms with E-state index in [0.717, 1.165) is 36.1 Å². The highest BCUT2D eigenvalue weighted by atomic mass is 19.4. The van der Waals surface area contributed by atoms with Gasteiger partial charge in [-0.25, -0.2) is 0 Å². The van der Waals surface area contributed by atoms with Crippen LogP contribution < -0.4 is 5.73 Å². The van der Waals surface area contributed by atoms with E-state index in [1.165, 1.54) is 12.5 Å². The van der Waals surface area contributed by atoms with Crippen molar-refractivity contribution in [3.8, 4) is 11.1 Å². The average Bonchev–Trinajstić information content (AvgIpc) is 2.52. The van der Waals surface area contributed by atoms with Crippen molar-refractivity contribution in [3.63, 3.8) is 0 Å². The van der Waals surface area contributed by atoms with E-state index in [2.05, 4.69) is 0 Å². The van der Waals surface area contributed by atoms with E-state index >= 15 is 0 Å². The van der Waals surface area contributed by atoms with Crippen molar-refractivity contribution in [1.82, 2.24) is 0 Å². The molecule has 0 saturated heterocycles. The normalized spacial score (nSPS) is 16.7. The molecule has 3 rings (SSSR count). The number of alkyl halides is 3. The molecule has 1 unspecified atom stereocenters. The van der Waals surface area contributed by atoms with Crippen LogP contribution >= 0.6 is 0 Å². The maximum atomic E-state index is 12.8. The van der Waals surface area contributed by atoms with E-state index in [1.807, 2.05) is 24.3 Å². The quantitative estimate of drug-likeness (QED) is 0.853. The molecule has 1 atom stereocenters. The zero-order chi connectivity index (χ0) is 17.3. The minimum Gasteiger partial charge on any atom is -0.392 e. The third-order valence-electron chi connectivity index (χ3n) is 4.87. The molecule has 1 aliphatic carbocycles. The summed E-state index contributed by atoms with van der Waals surface area (Å²) < 4.78 is 38.4. The van der Waals surface area contributed by atoms with Gasteiger partial charge in [0.15, 0.2) is 0 Å². The highest BCUT2D eigenvalue weighted by Crippen LogP contribution is 2.37. The average molecular weight is 335 g/mol. The van der Waals surface area contributed by atoms with Crippen LogP contribution in [0, 0.1) is 5.92 Å². The summed E-state index contributed by atoms with van der Waals surface area (Å²) in [4.78, 5) is 0. The smallest absolute Gasteiger partial charge is 0.392 e. The van der Waals surface area contributed by atoms with E-state index in [-0.39, 0.29) is 11.6 Å². The lowest BCUT2D eigenvalue weighted by Gasteiger charge is -2.31. The molecule has 0 radical (unpaired) electrons. The van der Waals surface area contributed by atoms with Crippen LogP contribution in [0.4, 0.5) is 13.2 Å². The first-order valence-corrected chi connectivity index (χ1v) is 8.07. The molecule has 0 bridgehead atoms. The number of hydrogen-bond donors (Lipinski definition) is 2. The Balaban J connectivity index is 1.88. The molecule has 3 N–H and O–H groups in total. The number of aliphatic hydroxyl groups is 1. The summed E-state index contributed by atoms with van der Waals surface area (Å²) in [6.07, 6.45) is -0.892. The van der Waals surface area contributed by atoms with E-state index in [4.69, 9.17) is 5.73 Å². The van der Waals surface area contributed by atoms with Gasteiger partial charge in [0.1, 0.15) is 0 Å². The first-order valence-electron chi connectivity index (χ1n) is 8.07. The molecule has 128 valence electrons. The highest BCUT2D eigenvalue weighted by molar-refractivity contribution is 5.68. The Morgan fingerprint density at radius 3 is 2.25 bits per heavy atom. The zero-order valence-corrected chi connectivity index (χ0v) is 13.2. The summed E-state index contributed by atoms with van der Waals surface area (Å²) >= 11 is 0. The Morgan fingerprint density at radius 1 is 1.08 bits per heavy atom. The maximum Gasteiger partial charge on any atom is 0.416 e. The number of aliphatic hydroxyl groups excluding tert-OH is 1. The van der Waals surface area contributed by atoms with Crippen molar-refractivity contribution in [2.45, 2.75) is 38.1 Å². The molecule has 1 aliphatic rings. The molecule has 2 nitrogen and oxygen atoms in total. The van der Waals surface area contributed by atoms with Gasteiger partial charge < -0.3 is 10.8 Å². The second-order valence-electron chi connectivity index (χ2n) is 6.37. The Hall–Kier alpha value is -1.85. The predicted octanol–water partition coefficient (Wildman–Crippen LogP) is 4.66. The fraction of sp³-hybridized carbons (Fsp3) is 0.368. The van der Waals surface area contributed by atoms with Gasteiger partial charge in [0.05, 0.1) is 12.2 Å². The highest BCUT2D eigenvalue weighted by Gasteiger charge is 2.31. The topological polar surface area (TPSA) is 46.2 Å². The molecule has 0 spiro atoms. The van der Waals surface area contributed by atoms with E-state index < -0.39 is 18.3 Å².